The van der Waals surface area contributed by atoms with Gasteiger partial charge < -0.3 is 9.84 Å². The molecule has 0 fully saturated rings. The number of carbonyl (C=O) groups is 1. The Labute approximate surface area is 80.4 Å². The molecule has 0 heterocycles. The highest BCUT2D eigenvalue weighted by molar-refractivity contribution is 5.89. The lowest BCUT2D eigenvalue weighted by Gasteiger charge is -2.02. The zero-order valence-corrected chi connectivity index (χ0v) is 7.37. The highest BCUT2D eigenvalue weighted by Gasteiger charge is 2.09. The molecule has 0 aliphatic carbocycles. The first kappa shape index (κ1) is 10.2. The number of hydrogen-bond acceptors (Lipinski definition) is 3. The van der Waals surface area contributed by atoms with Crippen molar-refractivity contribution in [3.8, 4) is 5.75 Å². The first-order chi connectivity index (χ1) is 6.65. The number of ether oxygens (including phenoxy) is 1. The lowest BCUT2D eigenvalue weighted by Crippen LogP contribution is -2.05. The normalized spacial score (nSPS) is 9.50. The summed E-state index contributed by atoms with van der Waals surface area (Å²) in [5.41, 5.74) is 0.0575. The standard InChI is InChI=1S/C10H9FO3/c1-2-5-14-10(13)7-3-4-9(12)8(11)6-7/h2-4,6,12H,1,5H2. The molecule has 0 atom stereocenters. The van der Waals surface area contributed by atoms with E-state index in [1.165, 1.54) is 12.1 Å². The van der Waals surface area contributed by atoms with Crippen molar-refractivity contribution < 1.29 is 19.0 Å². The second-order valence-electron chi connectivity index (χ2n) is 2.55. The number of halogens is 1. The van der Waals surface area contributed by atoms with Gasteiger partial charge in [0, 0.05) is 0 Å². The maximum Gasteiger partial charge on any atom is 0.338 e. The van der Waals surface area contributed by atoms with Gasteiger partial charge in [-0.05, 0) is 18.2 Å². The SMILES string of the molecule is C=CCOC(=O)c1ccc(O)c(F)c1. The van der Waals surface area contributed by atoms with E-state index in [9.17, 15) is 9.18 Å². The molecule has 0 aromatic heterocycles. The van der Waals surface area contributed by atoms with E-state index in [2.05, 4.69) is 11.3 Å². The molecular formula is C10H9FO3. The summed E-state index contributed by atoms with van der Waals surface area (Å²) < 4.78 is 17.5. The minimum absolute atomic E-state index is 0.0575. The van der Waals surface area contributed by atoms with Crippen molar-refractivity contribution in [1.82, 2.24) is 0 Å². The summed E-state index contributed by atoms with van der Waals surface area (Å²) in [7, 11) is 0. The molecule has 3 nitrogen and oxygen atoms in total. The van der Waals surface area contributed by atoms with Gasteiger partial charge in [-0.25, -0.2) is 9.18 Å². The third kappa shape index (κ3) is 2.32. The molecule has 1 N–H and O–H groups in total. The molecule has 0 aliphatic heterocycles. The molecule has 1 aromatic carbocycles. The molecule has 0 amide bonds. The summed E-state index contributed by atoms with van der Waals surface area (Å²) in [6.07, 6.45) is 1.41. The van der Waals surface area contributed by atoms with Gasteiger partial charge in [0.25, 0.3) is 0 Å². The first-order valence-corrected chi connectivity index (χ1v) is 3.91. The molecule has 0 saturated carbocycles. The average Bonchev–Trinajstić information content (AvgIpc) is 2.18. The Hall–Kier alpha value is -1.84. The van der Waals surface area contributed by atoms with Crippen LogP contribution in [0.25, 0.3) is 0 Å². The molecule has 14 heavy (non-hydrogen) atoms. The van der Waals surface area contributed by atoms with Crippen LogP contribution in [0, 0.1) is 5.82 Å². The monoisotopic (exact) mass is 196 g/mol. The van der Waals surface area contributed by atoms with Gasteiger partial charge in [0.2, 0.25) is 0 Å². The Morgan fingerprint density at radius 1 is 1.64 bits per heavy atom. The van der Waals surface area contributed by atoms with Gasteiger partial charge >= 0.3 is 5.97 Å². The predicted molar refractivity (Wildman–Crippen MR) is 48.5 cm³/mol. The van der Waals surface area contributed by atoms with E-state index in [0.29, 0.717) is 0 Å². The zero-order chi connectivity index (χ0) is 10.6. The third-order valence-corrected chi connectivity index (χ3v) is 1.52. The summed E-state index contributed by atoms with van der Waals surface area (Å²) in [5.74, 6) is -1.99. The van der Waals surface area contributed by atoms with Crippen LogP contribution in [0.4, 0.5) is 4.39 Å². The van der Waals surface area contributed by atoms with Crippen LogP contribution in [0.3, 0.4) is 0 Å². The van der Waals surface area contributed by atoms with Gasteiger partial charge in [0.15, 0.2) is 11.6 Å². The average molecular weight is 196 g/mol. The predicted octanol–water partition coefficient (Wildman–Crippen LogP) is 1.87. The van der Waals surface area contributed by atoms with Crippen molar-refractivity contribution in [3.63, 3.8) is 0 Å². The van der Waals surface area contributed by atoms with Gasteiger partial charge in [-0.15, -0.1) is 0 Å². The number of carbonyl (C=O) groups excluding carboxylic acids is 1. The molecule has 0 unspecified atom stereocenters. The molecular weight excluding hydrogens is 187 g/mol. The molecule has 0 aliphatic rings. The quantitative estimate of drug-likeness (QED) is 0.593. The lowest BCUT2D eigenvalue weighted by molar-refractivity contribution is 0.0549. The summed E-state index contributed by atoms with van der Waals surface area (Å²) in [6.45, 7) is 3.44. The van der Waals surface area contributed by atoms with Crippen molar-refractivity contribution in [1.29, 1.82) is 0 Å². The number of hydrogen-bond donors (Lipinski definition) is 1. The Kier molecular flexibility index (Phi) is 3.23. The van der Waals surface area contributed by atoms with Gasteiger partial charge in [-0.2, -0.15) is 0 Å². The largest absolute Gasteiger partial charge is 0.505 e. The van der Waals surface area contributed by atoms with E-state index >= 15 is 0 Å². The van der Waals surface area contributed by atoms with E-state index < -0.39 is 17.5 Å². The highest BCUT2D eigenvalue weighted by Crippen LogP contribution is 2.16. The highest BCUT2D eigenvalue weighted by atomic mass is 19.1. The fourth-order valence-corrected chi connectivity index (χ4v) is 0.852. The second kappa shape index (κ2) is 4.41. The van der Waals surface area contributed by atoms with Crippen molar-refractivity contribution in [2.45, 2.75) is 0 Å². The Balaban J connectivity index is 2.80. The van der Waals surface area contributed by atoms with E-state index in [1.54, 1.807) is 0 Å². The van der Waals surface area contributed by atoms with Gasteiger partial charge in [-0.3, -0.25) is 0 Å². The Morgan fingerprint density at radius 2 is 2.36 bits per heavy atom. The summed E-state index contributed by atoms with van der Waals surface area (Å²) in [5, 5.41) is 8.86. The number of benzene rings is 1. The number of phenolic OH excluding ortho intramolecular Hbond substituents is 1. The minimum Gasteiger partial charge on any atom is -0.505 e. The number of aromatic hydroxyl groups is 1. The molecule has 74 valence electrons. The zero-order valence-electron chi connectivity index (χ0n) is 7.37. The van der Waals surface area contributed by atoms with Crippen LogP contribution in [-0.4, -0.2) is 17.7 Å². The first-order valence-electron chi connectivity index (χ1n) is 3.91. The van der Waals surface area contributed by atoms with E-state index in [-0.39, 0.29) is 12.2 Å². The maximum atomic E-state index is 12.8. The Bertz CT molecular complexity index is 360. The smallest absolute Gasteiger partial charge is 0.338 e. The van der Waals surface area contributed by atoms with E-state index in [0.717, 1.165) is 12.1 Å². The molecule has 4 heteroatoms. The van der Waals surface area contributed by atoms with Gasteiger partial charge in [0.05, 0.1) is 5.56 Å². The molecule has 1 rings (SSSR count). The number of rotatable bonds is 3. The van der Waals surface area contributed by atoms with Crippen LogP contribution in [0.5, 0.6) is 5.75 Å². The van der Waals surface area contributed by atoms with E-state index in [4.69, 9.17) is 5.11 Å². The third-order valence-electron chi connectivity index (χ3n) is 1.52. The molecule has 0 spiro atoms. The minimum atomic E-state index is -0.849. The summed E-state index contributed by atoms with van der Waals surface area (Å²) >= 11 is 0. The number of esters is 1. The van der Waals surface area contributed by atoms with Gasteiger partial charge in [0.1, 0.15) is 6.61 Å². The molecule has 0 radical (unpaired) electrons. The van der Waals surface area contributed by atoms with Crippen molar-refractivity contribution in [3.05, 3.63) is 42.2 Å². The fourth-order valence-electron chi connectivity index (χ4n) is 0.852. The fraction of sp³-hybridized carbons (Fsp3) is 0.100. The summed E-state index contributed by atoms with van der Waals surface area (Å²) in [4.78, 5) is 11.1. The van der Waals surface area contributed by atoms with Crippen LogP contribution in [0.15, 0.2) is 30.9 Å². The molecule has 0 saturated heterocycles. The number of phenols is 1. The lowest BCUT2D eigenvalue weighted by atomic mass is 10.2. The van der Waals surface area contributed by atoms with Crippen LogP contribution < -0.4 is 0 Å². The van der Waals surface area contributed by atoms with E-state index in [1.807, 2.05) is 0 Å². The molecule has 0 bridgehead atoms. The summed E-state index contributed by atoms with van der Waals surface area (Å²) in [6, 6.07) is 3.30. The Morgan fingerprint density at radius 3 is 2.93 bits per heavy atom. The van der Waals surface area contributed by atoms with Gasteiger partial charge in [-0.1, -0.05) is 12.7 Å². The van der Waals surface area contributed by atoms with Crippen LogP contribution in [-0.2, 0) is 4.74 Å². The van der Waals surface area contributed by atoms with Crippen molar-refractivity contribution in [2.24, 2.45) is 0 Å². The van der Waals surface area contributed by atoms with Crippen LogP contribution >= 0.6 is 0 Å². The van der Waals surface area contributed by atoms with Crippen LogP contribution in [0.2, 0.25) is 0 Å². The van der Waals surface area contributed by atoms with Crippen molar-refractivity contribution >= 4 is 5.97 Å². The molecule has 1 aromatic rings. The second-order valence-corrected chi connectivity index (χ2v) is 2.55. The maximum absolute atomic E-state index is 12.8. The topological polar surface area (TPSA) is 46.5 Å². The van der Waals surface area contributed by atoms with Crippen LogP contribution in [0.1, 0.15) is 10.4 Å². The van der Waals surface area contributed by atoms with Crippen molar-refractivity contribution in [2.75, 3.05) is 6.61 Å².